The van der Waals surface area contributed by atoms with Crippen LogP contribution in [0.5, 0.6) is 0 Å². The predicted molar refractivity (Wildman–Crippen MR) is 44.3 cm³/mol. The van der Waals surface area contributed by atoms with Gasteiger partial charge in [-0.25, -0.2) is 0 Å². The van der Waals surface area contributed by atoms with E-state index in [4.69, 9.17) is 0 Å². The monoisotopic (exact) mass is 141 g/mol. The Labute approximate surface area is 60.3 Å². The molecule has 1 aliphatic heterocycles. The van der Waals surface area contributed by atoms with Gasteiger partial charge in [-0.3, -0.25) is 0 Å². The van der Waals surface area contributed by atoms with E-state index in [-0.39, 0.29) is 8.80 Å². The minimum absolute atomic E-state index is 0.225. The van der Waals surface area contributed by atoms with E-state index in [0.717, 1.165) is 0 Å². The summed E-state index contributed by atoms with van der Waals surface area (Å²) in [5.74, 6) is 0. The smallest absolute Gasteiger partial charge is 0.0479 e. The summed E-state index contributed by atoms with van der Waals surface area (Å²) in [6.07, 6.45) is 6.03. The maximum atomic E-state index is 2.30. The molecular formula is C8H17Si. The summed E-state index contributed by atoms with van der Waals surface area (Å²) in [6.45, 7) is 2.30. The molecule has 0 nitrogen and oxygen atoms in total. The fraction of sp³-hybridized carbons (Fsp3) is 1.00. The van der Waals surface area contributed by atoms with E-state index in [1.165, 1.54) is 12.8 Å². The zero-order chi connectivity index (χ0) is 6.53. The second kappa shape index (κ2) is 4.10. The van der Waals surface area contributed by atoms with Gasteiger partial charge in [-0.2, -0.15) is 0 Å². The molecule has 1 fully saturated rings. The summed E-state index contributed by atoms with van der Waals surface area (Å²) >= 11 is 0. The lowest BCUT2D eigenvalue weighted by molar-refractivity contribution is 0.872. The highest BCUT2D eigenvalue weighted by Crippen LogP contribution is 2.23. The van der Waals surface area contributed by atoms with Crippen LogP contribution in [0.3, 0.4) is 0 Å². The fourth-order valence-corrected chi connectivity index (χ4v) is 4.66. The van der Waals surface area contributed by atoms with Crippen molar-refractivity contribution in [3.63, 3.8) is 0 Å². The standard InChI is InChI=1S/C8H17Si/c1-2-3-6-9-7-4-5-8-9/h2-8H2,1H3. The summed E-state index contributed by atoms with van der Waals surface area (Å²) in [5, 5.41) is 0. The molecule has 9 heavy (non-hydrogen) atoms. The van der Waals surface area contributed by atoms with Gasteiger partial charge in [0.15, 0.2) is 0 Å². The summed E-state index contributed by atoms with van der Waals surface area (Å²) < 4.78 is 0. The number of hydrogen-bond acceptors (Lipinski definition) is 0. The Morgan fingerprint density at radius 3 is 2.44 bits per heavy atom. The molecule has 53 valence electrons. The molecule has 0 aromatic rings. The van der Waals surface area contributed by atoms with Crippen molar-refractivity contribution < 1.29 is 0 Å². The van der Waals surface area contributed by atoms with Crippen LogP contribution in [0.15, 0.2) is 0 Å². The van der Waals surface area contributed by atoms with Crippen molar-refractivity contribution in [3.05, 3.63) is 0 Å². The van der Waals surface area contributed by atoms with Crippen LogP contribution < -0.4 is 0 Å². The first-order valence-electron chi connectivity index (χ1n) is 4.27. The maximum Gasteiger partial charge on any atom is 0.0479 e. The van der Waals surface area contributed by atoms with Crippen molar-refractivity contribution in [2.45, 2.75) is 50.7 Å². The molecule has 0 amide bonds. The van der Waals surface area contributed by atoms with E-state index in [9.17, 15) is 0 Å². The molecule has 0 N–H and O–H groups in total. The Bertz CT molecular complexity index is 65.0. The van der Waals surface area contributed by atoms with Gasteiger partial charge in [0.05, 0.1) is 0 Å². The lowest BCUT2D eigenvalue weighted by atomic mass is 10.4. The Morgan fingerprint density at radius 2 is 1.89 bits per heavy atom. The first-order chi connectivity index (χ1) is 4.43. The number of hydrogen-bond donors (Lipinski definition) is 0. The van der Waals surface area contributed by atoms with Crippen molar-refractivity contribution in [2.75, 3.05) is 0 Å². The van der Waals surface area contributed by atoms with Crippen LogP contribution in [-0.4, -0.2) is 8.80 Å². The van der Waals surface area contributed by atoms with Gasteiger partial charge in [0.2, 0.25) is 0 Å². The highest BCUT2D eigenvalue weighted by Gasteiger charge is 2.15. The van der Waals surface area contributed by atoms with Crippen molar-refractivity contribution in [2.24, 2.45) is 0 Å². The lowest BCUT2D eigenvalue weighted by Gasteiger charge is -2.02. The molecule has 0 aromatic carbocycles. The van der Waals surface area contributed by atoms with Crippen molar-refractivity contribution >= 4 is 8.80 Å². The van der Waals surface area contributed by atoms with E-state index < -0.39 is 0 Å². The SMILES string of the molecule is CCCC[Si]1CCCC1. The van der Waals surface area contributed by atoms with Gasteiger partial charge in [0, 0.05) is 8.80 Å². The summed E-state index contributed by atoms with van der Waals surface area (Å²) in [5.41, 5.74) is 0. The average molecular weight is 141 g/mol. The molecule has 1 radical (unpaired) electrons. The molecule has 0 aromatic heterocycles. The summed E-state index contributed by atoms with van der Waals surface area (Å²) in [4.78, 5) is 0. The van der Waals surface area contributed by atoms with Gasteiger partial charge in [0.25, 0.3) is 0 Å². The number of unbranched alkanes of at least 4 members (excludes halogenated alkanes) is 1. The van der Waals surface area contributed by atoms with Crippen LogP contribution in [0.1, 0.15) is 32.6 Å². The quantitative estimate of drug-likeness (QED) is 0.530. The van der Waals surface area contributed by atoms with Gasteiger partial charge in [-0.05, 0) is 0 Å². The molecule has 1 rings (SSSR count). The minimum Gasteiger partial charge on any atom is -0.0654 e. The molecule has 0 saturated carbocycles. The fourth-order valence-electron chi connectivity index (χ4n) is 1.55. The third-order valence-corrected chi connectivity index (χ3v) is 5.38. The third kappa shape index (κ3) is 2.52. The van der Waals surface area contributed by atoms with Gasteiger partial charge >= 0.3 is 0 Å². The molecule has 1 saturated heterocycles. The first kappa shape index (κ1) is 7.33. The van der Waals surface area contributed by atoms with E-state index in [2.05, 4.69) is 6.92 Å². The molecule has 0 spiro atoms. The average Bonchev–Trinajstić information content (AvgIpc) is 2.34. The van der Waals surface area contributed by atoms with Crippen LogP contribution >= 0.6 is 0 Å². The molecule has 0 atom stereocenters. The van der Waals surface area contributed by atoms with E-state index >= 15 is 0 Å². The van der Waals surface area contributed by atoms with Crippen molar-refractivity contribution in [1.29, 1.82) is 0 Å². The molecule has 0 bridgehead atoms. The van der Waals surface area contributed by atoms with Gasteiger partial charge < -0.3 is 0 Å². The van der Waals surface area contributed by atoms with E-state index in [1.54, 1.807) is 31.0 Å². The minimum atomic E-state index is 0.225. The van der Waals surface area contributed by atoms with Crippen LogP contribution in [-0.2, 0) is 0 Å². The Kier molecular flexibility index (Phi) is 3.34. The first-order valence-corrected chi connectivity index (χ1v) is 6.39. The van der Waals surface area contributed by atoms with Crippen molar-refractivity contribution in [1.82, 2.24) is 0 Å². The van der Waals surface area contributed by atoms with Gasteiger partial charge in [0.1, 0.15) is 0 Å². The van der Waals surface area contributed by atoms with Crippen LogP contribution in [0.4, 0.5) is 0 Å². The summed E-state index contributed by atoms with van der Waals surface area (Å²) in [6, 6.07) is 4.87. The van der Waals surface area contributed by atoms with E-state index in [0.29, 0.717) is 0 Å². The normalized spacial score (nSPS) is 21.0. The molecular weight excluding hydrogens is 124 g/mol. The zero-order valence-corrected chi connectivity index (χ0v) is 7.45. The molecule has 1 heteroatoms. The largest absolute Gasteiger partial charge is 0.0654 e. The van der Waals surface area contributed by atoms with Gasteiger partial charge in [-0.15, -0.1) is 0 Å². The third-order valence-electron chi connectivity index (χ3n) is 2.19. The Hall–Kier alpha value is 0.217. The lowest BCUT2D eigenvalue weighted by Crippen LogP contribution is -2.03. The highest BCUT2D eigenvalue weighted by molar-refractivity contribution is 6.59. The second-order valence-electron chi connectivity index (χ2n) is 3.06. The topological polar surface area (TPSA) is 0 Å². The maximum absolute atomic E-state index is 2.30. The molecule has 0 aliphatic carbocycles. The Balaban J connectivity index is 1.98. The molecule has 1 heterocycles. The summed E-state index contributed by atoms with van der Waals surface area (Å²) in [7, 11) is 0.225. The molecule has 0 unspecified atom stereocenters. The Morgan fingerprint density at radius 1 is 1.22 bits per heavy atom. The highest BCUT2D eigenvalue weighted by atomic mass is 28.3. The van der Waals surface area contributed by atoms with Crippen LogP contribution in [0.25, 0.3) is 0 Å². The van der Waals surface area contributed by atoms with E-state index in [1.807, 2.05) is 0 Å². The van der Waals surface area contributed by atoms with Crippen molar-refractivity contribution in [3.8, 4) is 0 Å². The second-order valence-corrected chi connectivity index (χ2v) is 6.06. The predicted octanol–water partition coefficient (Wildman–Crippen LogP) is 3.08. The molecule has 1 aliphatic rings. The van der Waals surface area contributed by atoms with Crippen LogP contribution in [0, 0.1) is 0 Å². The van der Waals surface area contributed by atoms with Crippen LogP contribution in [0.2, 0.25) is 18.1 Å². The zero-order valence-electron chi connectivity index (χ0n) is 6.45. The number of rotatable bonds is 3. The van der Waals surface area contributed by atoms with Gasteiger partial charge in [-0.1, -0.05) is 50.7 Å².